The number of hydrogen-bond acceptors (Lipinski definition) is 2. The summed E-state index contributed by atoms with van der Waals surface area (Å²) in [6, 6.07) is 14.8. The second kappa shape index (κ2) is 6.34. The largest absolute Gasteiger partial charge is 0.497 e. The van der Waals surface area contributed by atoms with E-state index < -0.39 is 0 Å². The summed E-state index contributed by atoms with van der Waals surface area (Å²) in [5.41, 5.74) is 2.12. The van der Waals surface area contributed by atoms with Crippen LogP contribution in [-0.4, -0.2) is 7.11 Å². The topological polar surface area (TPSA) is 21.3 Å². The number of hydrogen-bond donors (Lipinski definition) is 1. The first-order valence-corrected chi connectivity index (χ1v) is 6.31. The van der Waals surface area contributed by atoms with Crippen LogP contribution in [0.5, 0.6) is 5.75 Å². The van der Waals surface area contributed by atoms with Crippen molar-refractivity contribution in [1.82, 2.24) is 5.32 Å². The molecule has 0 saturated carbocycles. The quantitative estimate of drug-likeness (QED) is 0.884. The van der Waals surface area contributed by atoms with Gasteiger partial charge in [-0.3, -0.25) is 0 Å². The summed E-state index contributed by atoms with van der Waals surface area (Å²) in [4.78, 5) is 0. The maximum Gasteiger partial charge on any atom is 0.123 e. The summed E-state index contributed by atoms with van der Waals surface area (Å²) < 4.78 is 18.2. The SMILES string of the molecule is COc1ccc([C@H](C)NCc2cccc(F)c2)cc1. The number of rotatable bonds is 5. The molecular formula is C16H18FNO. The van der Waals surface area contributed by atoms with E-state index in [0.29, 0.717) is 6.54 Å². The molecule has 0 radical (unpaired) electrons. The molecule has 2 aromatic carbocycles. The highest BCUT2D eigenvalue weighted by molar-refractivity contribution is 5.29. The number of ether oxygens (including phenoxy) is 1. The molecule has 0 unspecified atom stereocenters. The van der Waals surface area contributed by atoms with E-state index in [1.165, 1.54) is 11.6 Å². The molecular weight excluding hydrogens is 241 g/mol. The van der Waals surface area contributed by atoms with Gasteiger partial charge in [-0.15, -0.1) is 0 Å². The van der Waals surface area contributed by atoms with E-state index in [0.717, 1.165) is 11.3 Å². The van der Waals surface area contributed by atoms with Crippen molar-refractivity contribution in [2.75, 3.05) is 7.11 Å². The molecule has 2 rings (SSSR count). The number of benzene rings is 2. The highest BCUT2D eigenvalue weighted by atomic mass is 19.1. The van der Waals surface area contributed by atoms with Crippen LogP contribution in [0.3, 0.4) is 0 Å². The van der Waals surface area contributed by atoms with Gasteiger partial charge in [0.2, 0.25) is 0 Å². The van der Waals surface area contributed by atoms with Crippen molar-refractivity contribution in [2.24, 2.45) is 0 Å². The fourth-order valence-corrected chi connectivity index (χ4v) is 1.93. The van der Waals surface area contributed by atoms with Crippen LogP contribution in [0.25, 0.3) is 0 Å². The summed E-state index contributed by atoms with van der Waals surface area (Å²) in [5, 5.41) is 3.37. The van der Waals surface area contributed by atoms with Crippen molar-refractivity contribution in [2.45, 2.75) is 19.5 Å². The fourth-order valence-electron chi connectivity index (χ4n) is 1.93. The molecule has 3 heteroatoms. The lowest BCUT2D eigenvalue weighted by molar-refractivity contribution is 0.414. The van der Waals surface area contributed by atoms with Crippen LogP contribution < -0.4 is 10.1 Å². The average Bonchev–Trinajstić information content (AvgIpc) is 2.45. The smallest absolute Gasteiger partial charge is 0.123 e. The Morgan fingerprint density at radius 1 is 1.16 bits per heavy atom. The molecule has 19 heavy (non-hydrogen) atoms. The molecule has 0 saturated heterocycles. The van der Waals surface area contributed by atoms with Crippen LogP contribution in [0.15, 0.2) is 48.5 Å². The average molecular weight is 259 g/mol. The Labute approximate surface area is 113 Å². The van der Waals surface area contributed by atoms with E-state index >= 15 is 0 Å². The van der Waals surface area contributed by atoms with Gasteiger partial charge in [0, 0.05) is 12.6 Å². The molecule has 0 bridgehead atoms. The Morgan fingerprint density at radius 3 is 2.53 bits per heavy atom. The van der Waals surface area contributed by atoms with Crippen LogP contribution in [0.1, 0.15) is 24.1 Å². The third-order valence-electron chi connectivity index (χ3n) is 3.12. The number of nitrogens with one attached hydrogen (secondary N) is 1. The van der Waals surface area contributed by atoms with E-state index in [1.807, 2.05) is 30.3 Å². The highest BCUT2D eigenvalue weighted by Crippen LogP contribution is 2.17. The van der Waals surface area contributed by atoms with E-state index in [4.69, 9.17) is 4.74 Å². The Bertz CT molecular complexity index is 525. The second-order valence-electron chi connectivity index (χ2n) is 4.51. The van der Waals surface area contributed by atoms with Gasteiger partial charge >= 0.3 is 0 Å². The monoisotopic (exact) mass is 259 g/mol. The first-order valence-electron chi connectivity index (χ1n) is 6.31. The minimum Gasteiger partial charge on any atom is -0.497 e. The van der Waals surface area contributed by atoms with Gasteiger partial charge in [0.25, 0.3) is 0 Å². The zero-order chi connectivity index (χ0) is 13.7. The van der Waals surface area contributed by atoms with E-state index in [2.05, 4.69) is 12.2 Å². The normalized spacial score (nSPS) is 12.2. The summed E-state index contributed by atoms with van der Waals surface area (Å²) in [7, 11) is 1.65. The molecule has 0 heterocycles. The van der Waals surface area contributed by atoms with Gasteiger partial charge in [0.1, 0.15) is 11.6 Å². The van der Waals surface area contributed by atoms with Crippen LogP contribution in [-0.2, 0) is 6.54 Å². The predicted octanol–water partition coefficient (Wildman–Crippen LogP) is 3.69. The van der Waals surface area contributed by atoms with E-state index in [1.54, 1.807) is 19.2 Å². The number of halogens is 1. The van der Waals surface area contributed by atoms with Crippen molar-refractivity contribution in [3.63, 3.8) is 0 Å². The predicted molar refractivity (Wildman–Crippen MR) is 74.6 cm³/mol. The van der Waals surface area contributed by atoms with Gasteiger partial charge < -0.3 is 10.1 Å². The van der Waals surface area contributed by atoms with E-state index in [-0.39, 0.29) is 11.9 Å². The first kappa shape index (κ1) is 13.6. The van der Waals surface area contributed by atoms with E-state index in [9.17, 15) is 4.39 Å². The van der Waals surface area contributed by atoms with Crippen molar-refractivity contribution in [3.05, 3.63) is 65.5 Å². The Morgan fingerprint density at radius 2 is 1.89 bits per heavy atom. The minimum absolute atomic E-state index is 0.198. The van der Waals surface area contributed by atoms with Crippen LogP contribution in [0.2, 0.25) is 0 Å². The second-order valence-corrected chi connectivity index (χ2v) is 4.51. The standard InChI is InChI=1S/C16H18FNO/c1-12(14-6-8-16(19-2)9-7-14)18-11-13-4-3-5-15(17)10-13/h3-10,12,18H,11H2,1-2H3/t12-/m0/s1. The fraction of sp³-hybridized carbons (Fsp3) is 0.250. The maximum atomic E-state index is 13.1. The molecule has 100 valence electrons. The maximum absolute atomic E-state index is 13.1. The molecule has 1 N–H and O–H groups in total. The van der Waals surface area contributed by atoms with Crippen LogP contribution >= 0.6 is 0 Å². The Balaban J connectivity index is 1.95. The van der Waals surface area contributed by atoms with Crippen LogP contribution in [0, 0.1) is 5.82 Å². The van der Waals surface area contributed by atoms with Gasteiger partial charge in [-0.05, 0) is 42.3 Å². The first-order chi connectivity index (χ1) is 9.19. The number of methoxy groups -OCH3 is 1. The van der Waals surface area contributed by atoms with Gasteiger partial charge in [-0.1, -0.05) is 24.3 Å². The van der Waals surface area contributed by atoms with Gasteiger partial charge in [0.05, 0.1) is 7.11 Å². The van der Waals surface area contributed by atoms with Crippen molar-refractivity contribution in [3.8, 4) is 5.75 Å². The third-order valence-corrected chi connectivity index (χ3v) is 3.12. The van der Waals surface area contributed by atoms with Crippen molar-refractivity contribution in [1.29, 1.82) is 0 Å². The zero-order valence-electron chi connectivity index (χ0n) is 11.2. The molecule has 0 aromatic heterocycles. The molecule has 1 atom stereocenters. The molecule has 0 aliphatic rings. The Hall–Kier alpha value is -1.87. The molecule has 2 aromatic rings. The lowest BCUT2D eigenvalue weighted by Gasteiger charge is -2.14. The highest BCUT2D eigenvalue weighted by Gasteiger charge is 2.05. The van der Waals surface area contributed by atoms with Gasteiger partial charge in [0.15, 0.2) is 0 Å². The molecule has 2 nitrogen and oxygen atoms in total. The Kier molecular flexibility index (Phi) is 4.53. The summed E-state index contributed by atoms with van der Waals surface area (Å²) in [6.07, 6.45) is 0. The summed E-state index contributed by atoms with van der Waals surface area (Å²) in [6.45, 7) is 2.73. The minimum atomic E-state index is -0.198. The van der Waals surface area contributed by atoms with Gasteiger partial charge in [-0.2, -0.15) is 0 Å². The van der Waals surface area contributed by atoms with Crippen molar-refractivity contribution < 1.29 is 9.13 Å². The third kappa shape index (κ3) is 3.80. The summed E-state index contributed by atoms with van der Waals surface area (Å²) in [5.74, 6) is 0.650. The lowest BCUT2D eigenvalue weighted by atomic mass is 10.1. The molecule has 0 aliphatic carbocycles. The molecule has 0 amide bonds. The zero-order valence-corrected chi connectivity index (χ0v) is 11.2. The lowest BCUT2D eigenvalue weighted by Crippen LogP contribution is -2.18. The summed E-state index contributed by atoms with van der Waals surface area (Å²) >= 11 is 0. The van der Waals surface area contributed by atoms with Crippen molar-refractivity contribution >= 4 is 0 Å². The molecule has 0 aliphatic heterocycles. The molecule has 0 spiro atoms. The van der Waals surface area contributed by atoms with Crippen LogP contribution in [0.4, 0.5) is 4.39 Å². The van der Waals surface area contributed by atoms with Gasteiger partial charge in [-0.25, -0.2) is 4.39 Å². The molecule has 0 fully saturated rings.